The normalized spacial score (nSPS) is 23.7. The summed E-state index contributed by atoms with van der Waals surface area (Å²) in [5.74, 6) is 0.735. The van der Waals surface area contributed by atoms with Crippen LogP contribution in [-0.4, -0.2) is 43.1 Å². The largest absolute Gasteiger partial charge is 0.485 e. The SMILES string of the molecule is CC(C)CN(C)S(=O)(=O)c1ccc2c(c1)[C@@H](N)[C@H](O)C(C)(C)O2. The fraction of sp³-hybridized carbons (Fsp3) is 0.625. The van der Waals surface area contributed by atoms with Gasteiger partial charge in [0.25, 0.3) is 0 Å². The fourth-order valence-corrected chi connectivity index (χ4v) is 4.15. The molecule has 0 radical (unpaired) electrons. The summed E-state index contributed by atoms with van der Waals surface area (Å²) >= 11 is 0. The Labute approximate surface area is 138 Å². The van der Waals surface area contributed by atoms with Gasteiger partial charge in [0, 0.05) is 19.2 Å². The molecule has 0 aliphatic carbocycles. The Morgan fingerprint density at radius 1 is 1.39 bits per heavy atom. The third-order valence-electron chi connectivity index (χ3n) is 4.10. The molecule has 1 aromatic carbocycles. The van der Waals surface area contributed by atoms with Crippen LogP contribution >= 0.6 is 0 Å². The van der Waals surface area contributed by atoms with Crippen LogP contribution in [0.3, 0.4) is 0 Å². The molecule has 0 amide bonds. The van der Waals surface area contributed by atoms with Crippen molar-refractivity contribution < 1.29 is 18.3 Å². The van der Waals surface area contributed by atoms with E-state index in [1.54, 1.807) is 27.0 Å². The maximum absolute atomic E-state index is 12.7. The number of rotatable bonds is 4. The lowest BCUT2D eigenvalue weighted by Crippen LogP contribution is -2.51. The van der Waals surface area contributed by atoms with Crippen molar-refractivity contribution in [3.05, 3.63) is 23.8 Å². The lowest BCUT2D eigenvalue weighted by molar-refractivity contribution is -0.0572. The van der Waals surface area contributed by atoms with Crippen LogP contribution in [0.1, 0.15) is 39.3 Å². The van der Waals surface area contributed by atoms with E-state index >= 15 is 0 Å². The predicted octanol–water partition coefficient (Wildman–Crippen LogP) is 1.49. The predicted molar refractivity (Wildman–Crippen MR) is 88.7 cm³/mol. The summed E-state index contributed by atoms with van der Waals surface area (Å²) in [7, 11) is -2.04. The molecule has 0 fully saturated rings. The highest BCUT2D eigenvalue weighted by Crippen LogP contribution is 2.39. The topological polar surface area (TPSA) is 92.9 Å². The number of hydrogen-bond donors (Lipinski definition) is 2. The van der Waals surface area contributed by atoms with Crippen molar-refractivity contribution in [2.45, 2.75) is 50.3 Å². The molecular weight excluding hydrogens is 316 g/mol. The molecule has 2 rings (SSSR count). The second kappa shape index (κ2) is 6.05. The van der Waals surface area contributed by atoms with E-state index in [4.69, 9.17) is 10.5 Å². The first-order valence-electron chi connectivity index (χ1n) is 7.69. The Balaban J connectivity index is 2.43. The van der Waals surface area contributed by atoms with Crippen LogP contribution in [0.15, 0.2) is 23.1 Å². The highest BCUT2D eigenvalue weighted by Gasteiger charge is 2.41. The van der Waals surface area contributed by atoms with E-state index < -0.39 is 27.8 Å². The number of benzene rings is 1. The Bertz CT molecular complexity index is 685. The molecule has 1 aliphatic heterocycles. The van der Waals surface area contributed by atoms with Crippen LogP contribution in [0.25, 0.3) is 0 Å². The van der Waals surface area contributed by atoms with Gasteiger partial charge in [-0.2, -0.15) is 0 Å². The van der Waals surface area contributed by atoms with E-state index in [2.05, 4.69) is 0 Å². The van der Waals surface area contributed by atoms with Crippen molar-refractivity contribution in [2.75, 3.05) is 13.6 Å². The first kappa shape index (κ1) is 18.2. The zero-order chi connectivity index (χ0) is 17.6. The standard InChI is InChI=1S/C16H26N2O4S/c1-10(2)9-18(5)23(20,21)11-6-7-13-12(8-11)14(17)15(19)16(3,4)22-13/h6-8,10,14-15,19H,9,17H2,1-5H3/t14-,15+/m1/s1. The molecule has 1 aliphatic rings. The van der Waals surface area contributed by atoms with Gasteiger partial charge in [0.15, 0.2) is 0 Å². The Morgan fingerprint density at radius 3 is 2.57 bits per heavy atom. The van der Waals surface area contributed by atoms with Gasteiger partial charge in [-0.1, -0.05) is 13.8 Å². The average Bonchev–Trinajstić information content (AvgIpc) is 2.43. The molecule has 2 atom stereocenters. The molecule has 1 heterocycles. The maximum atomic E-state index is 12.7. The van der Waals surface area contributed by atoms with Crippen LogP contribution in [0.4, 0.5) is 0 Å². The van der Waals surface area contributed by atoms with Gasteiger partial charge in [-0.3, -0.25) is 0 Å². The molecule has 0 saturated carbocycles. The van der Waals surface area contributed by atoms with Crippen molar-refractivity contribution in [1.82, 2.24) is 4.31 Å². The summed E-state index contributed by atoms with van der Waals surface area (Å²) in [6.07, 6.45) is -0.915. The minimum atomic E-state index is -3.60. The van der Waals surface area contributed by atoms with Crippen molar-refractivity contribution in [3.8, 4) is 5.75 Å². The quantitative estimate of drug-likeness (QED) is 0.865. The number of aliphatic hydroxyl groups excluding tert-OH is 1. The second-order valence-electron chi connectivity index (χ2n) is 7.06. The van der Waals surface area contributed by atoms with Crippen LogP contribution in [0.5, 0.6) is 5.75 Å². The molecule has 3 N–H and O–H groups in total. The van der Waals surface area contributed by atoms with Gasteiger partial charge >= 0.3 is 0 Å². The molecule has 130 valence electrons. The second-order valence-corrected chi connectivity index (χ2v) is 9.10. The molecule has 0 saturated heterocycles. The zero-order valence-corrected chi connectivity index (χ0v) is 15.1. The number of ether oxygens (including phenoxy) is 1. The summed E-state index contributed by atoms with van der Waals surface area (Å²) in [6, 6.07) is 3.94. The van der Waals surface area contributed by atoms with E-state index in [1.807, 2.05) is 13.8 Å². The van der Waals surface area contributed by atoms with Crippen LogP contribution in [0, 0.1) is 5.92 Å². The van der Waals surface area contributed by atoms with Gasteiger partial charge in [0.05, 0.1) is 10.9 Å². The van der Waals surface area contributed by atoms with Gasteiger partial charge in [0.2, 0.25) is 10.0 Å². The smallest absolute Gasteiger partial charge is 0.242 e. The van der Waals surface area contributed by atoms with E-state index in [0.29, 0.717) is 17.9 Å². The number of aliphatic hydroxyl groups is 1. The Morgan fingerprint density at radius 2 is 2.00 bits per heavy atom. The average molecular weight is 342 g/mol. The van der Waals surface area contributed by atoms with Crippen LogP contribution < -0.4 is 10.5 Å². The van der Waals surface area contributed by atoms with Gasteiger partial charge in [-0.25, -0.2) is 12.7 Å². The van der Waals surface area contributed by atoms with Gasteiger partial charge in [0.1, 0.15) is 17.5 Å². The minimum absolute atomic E-state index is 0.158. The van der Waals surface area contributed by atoms with E-state index in [-0.39, 0.29) is 10.8 Å². The maximum Gasteiger partial charge on any atom is 0.242 e. The van der Waals surface area contributed by atoms with Crippen LogP contribution in [-0.2, 0) is 10.0 Å². The summed E-state index contributed by atoms with van der Waals surface area (Å²) in [5.41, 5.74) is 5.79. The molecule has 23 heavy (non-hydrogen) atoms. The van der Waals surface area contributed by atoms with Gasteiger partial charge < -0.3 is 15.6 Å². The number of sulfonamides is 1. The first-order valence-corrected chi connectivity index (χ1v) is 9.13. The molecule has 0 bridgehead atoms. The van der Waals surface area contributed by atoms with Gasteiger partial charge in [-0.05, 0) is 38.0 Å². The summed E-state index contributed by atoms with van der Waals surface area (Å²) in [6.45, 7) is 7.85. The van der Waals surface area contributed by atoms with E-state index in [1.165, 1.54) is 16.4 Å². The lowest BCUT2D eigenvalue weighted by Gasteiger charge is -2.40. The third-order valence-corrected chi connectivity index (χ3v) is 5.92. The molecule has 7 heteroatoms. The molecule has 0 spiro atoms. The van der Waals surface area contributed by atoms with Crippen molar-refractivity contribution in [3.63, 3.8) is 0 Å². The fourth-order valence-electron chi connectivity index (χ4n) is 2.78. The van der Waals surface area contributed by atoms with Crippen LogP contribution in [0.2, 0.25) is 0 Å². The van der Waals surface area contributed by atoms with Crippen molar-refractivity contribution in [1.29, 1.82) is 0 Å². The Kier molecular flexibility index (Phi) is 4.79. The van der Waals surface area contributed by atoms with Crippen molar-refractivity contribution >= 4 is 10.0 Å². The van der Waals surface area contributed by atoms with Crippen molar-refractivity contribution in [2.24, 2.45) is 11.7 Å². The third kappa shape index (κ3) is 3.38. The van der Waals surface area contributed by atoms with E-state index in [0.717, 1.165) is 0 Å². The van der Waals surface area contributed by atoms with E-state index in [9.17, 15) is 13.5 Å². The zero-order valence-electron chi connectivity index (χ0n) is 14.3. The lowest BCUT2D eigenvalue weighted by atomic mass is 9.87. The number of hydrogen-bond acceptors (Lipinski definition) is 5. The number of nitrogens with two attached hydrogens (primary N) is 1. The molecule has 6 nitrogen and oxygen atoms in total. The first-order chi connectivity index (χ1) is 10.5. The molecular formula is C16H26N2O4S. The molecule has 1 aromatic rings. The summed E-state index contributed by atoms with van der Waals surface area (Å²) in [5, 5.41) is 10.3. The van der Waals surface area contributed by atoms with Gasteiger partial charge in [-0.15, -0.1) is 0 Å². The summed E-state index contributed by atoms with van der Waals surface area (Å²) < 4.78 is 32.4. The minimum Gasteiger partial charge on any atom is -0.485 e. The molecule has 0 unspecified atom stereocenters. The molecule has 0 aromatic heterocycles. The monoisotopic (exact) mass is 342 g/mol. The Hall–Kier alpha value is -1.15. The highest BCUT2D eigenvalue weighted by atomic mass is 32.2. The number of nitrogens with zero attached hydrogens (tertiary/aromatic N) is 1. The summed E-state index contributed by atoms with van der Waals surface area (Å²) in [4.78, 5) is 0.158. The highest BCUT2D eigenvalue weighted by molar-refractivity contribution is 7.89. The number of fused-ring (bicyclic) bond motifs is 1.